The summed E-state index contributed by atoms with van der Waals surface area (Å²) in [6.07, 6.45) is -3.14. The molecule has 3 aromatic rings. The second kappa shape index (κ2) is 12.4. The molecule has 36 heavy (non-hydrogen) atoms. The first-order valence-corrected chi connectivity index (χ1v) is 11.8. The third kappa shape index (κ3) is 6.48. The van der Waals surface area contributed by atoms with Gasteiger partial charge in [-0.15, -0.1) is 0 Å². The zero-order chi connectivity index (χ0) is 25.5. The maximum absolute atomic E-state index is 14.2. The summed E-state index contributed by atoms with van der Waals surface area (Å²) >= 11 is 5.19. The predicted molar refractivity (Wildman–Crippen MR) is 131 cm³/mol. The number of ether oxygens (including phenoxy) is 4. The minimum absolute atomic E-state index is 0.00502. The molecule has 190 valence electrons. The minimum Gasteiger partial charge on any atom is -0.391 e. The van der Waals surface area contributed by atoms with Gasteiger partial charge in [0.1, 0.15) is 46.9 Å². The van der Waals surface area contributed by atoms with E-state index in [9.17, 15) is 13.2 Å². The van der Waals surface area contributed by atoms with Crippen molar-refractivity contribution in [3.63, 3.8) is 0 Å². The normalized spacial score (nSPS) is 21.5. The molecule has 1 aliphatic rings. The van der Waals surface area contributed by atoms with Crippen molar-refractivity contribution in [2.45, 2.75) is 44.2 Å². The first kappa shape index (κ1) is 26.2. The van der Waals surface area contributed by atoms with Gasteiger partial charge in [-0.25, -0.2) is 13.2 Å². The molecule has 1 fully saturated rings. The van der Waals surface area contributed by atoms with Crippen molar-refractivity contribution < 1.29 is 32.1 Å². The summed E-state index contributed by atoms with van der Waals surface area (Å²) in [5, 5.41) is 0. The van der Waals surface area contributed by atoms with E-state index in [1.165, 1.54) is 18.2 Å². The molecule has 0 bridgehead atoms. The van der Waals surface area contributed by atoms with Crippen LogP contribution in [0, 0.1) is 17.5 Å². The molecule has 0 saturated carbocycles. The van der Waals surface area contributed by atoms with Gasteiger partial charge in [0.2, 0.25) is 0 Å². The summed E-state index contributed by atoms with van der Waals surface area (Å²) in [7, 11) is 0. The molecular formula is C27H26F3NO4S. The summed E-state index contributed by atoms with van der Waals surface area (Å²) in [5.41, 5.74) is 7.00. The second-order valence-electron chi connectivity index (χ2n) is 8.34. The van der Waals surface area contributed by atoms with Gasteiger partial charge < -0.3 is 24.7 Å². The van der Waals surface area contributed by atoms with Crippen LogP contribution >= 0.6 is 12.2 Å². The van der Waals surface area contributed by atoms with Crippen LogP contribution in [0.25, 0.3) is 0 Å². The highest BCUT2D eigenvalue weighted by atomic mass is 32.1. The quantitative estimate of drug-likeness (QED) is 0.367. The molecule has 0 unspecified atom stereocenters. The number of hydrogen-bond donors (Lipinski definition) is 1. The maximum atomic E-state index is 14.2. The summed E-state index contributed by atoms with van der Waals surface area (Å²) in [6.45, 7) is -0.143. The van der Waals surface area contributed by atoms with Crippen LogP contribution in [0.1, 0.15) is 16.7 Å². The van der Waals surface area contributed by atoms with Crippen molar-refractivity contribution in [3.8, 4) is 0 Å². The molecule has 1 saturated heterocycles. The number of halogens is 3. The SMILES string of the molecule is NC(=S)[C@H]1O[C@H](COCc2ccccc2F)[C@@H](OCc2ccccc2F)[C@H]1OCc1ccccc1F. The molecule has 0 aromatic heterocycles. The van der Waals surface area contributed by atoms with E-state index in [4.69, 9.17) is 36.9 Å². The molecular weight excluding hydrogens is 491 g/mol. The first-order valence-electron chi connectivity index (χ1n) is 11.4. The topological polar surface area (TPSA) is 62.9 Å². The fourth-order valence-electron chi connectivity index (χ4n) is 3.98. The van der Waals surface area contributed by atoms with Crippen LogP contribution in [0.15, 0.2) is 72.8 Å². The van der Waals surface area contributed by atoms with Crippen molar-refractivity contribution >= 4 is 17.2 Å². The molecule has 0 radical (unpaired) electrons. The van der Waals surface area contributed by atoms with E-state index in [1.807, 2.05) is 0 Å². The lowest BCUT2D eigenvalue weighted by molar-refractivity contribution is -0.0904. The van der Waals surface area contributed by atoms with E-state index in [0.29, 0.717) is 16.7 Å². The van der Waals surface area contributed by atoms with E-state index >= 15 is 0 Å². The van der Waals surface area contributed by atoms with Gasteiger partial charge in [0, 0.05) is 16.7 Å². The van der Waals surface area contributed by atoms with E-state index in [-0.39, 0.29) is 37.2 Å². The highest BCUT2D eigenvalue weighted by Gasteiger charge is 2.48. The monoisotopic (exact) mass is 517 g/mol. The molecule has 1 heterocycles. The fraction of sp³-hybridized carbons (Fsp3) is 0.296. The van der Waals surface area contributed by atoms with Gasteiger partial charge in [-0.2, -0.15) is 0 Å². The molecule has 0 aliphatic carbocycles. The Labute approximate surface area is 212 Å². The van der Waals surface area contributed by atoms with Gasteiger partial charge in [-0.05, 0) is 18.2 Å². The molecule has 1 aliphatic heterocycles. The number of hydrogen-bond acceptors (Lipinski definition) is 5. The Hall–Kier alpha value is -2.82. The Morgan fingerprint density at radius 2 is 1.17 bits per heavy atom. The van der Waals surface area contributed by atoms with Crippen molar-refractivity contribution in [2.75, 3.05) is 6.61 Å². The van der Waals surface area contributed by atoms with Gasteiger partial charge >= 0.3 is 0 Å². The number of rotatable bonds is 11. The van der Waals surface area contributed by atoms with E-state index in [2.05, 4.69) is 0 Å². The average Bonchev–Trinajstić information content (AvgIpc) is 3.22. The standard InChI is InChI=1S/C27H26F3NO4S/c28-20-10-4-1-7-17(20)13-32-16-23-24(33-14-18-8-2-5-11-21(18)29)25(26(35-23)27(31)36)34-15-19-9-3-6-12-22(19)30/h1-12,23-26H,13-16H2,(H2,31,36)/t23-,24-,25-,26+/m1/s1. The summed E-state index contributed by atoms with van der Waals surface area (Å²) in [5.74, 6) is -1.22. The van der Waals surface area contributed by atoms with E-state index < -0.39 is 36.1 Å². The Bertz CT molecular complexity index is 1180. The Morgan fingerprint density at radius 3 is 1.64 bits per heavy atom. The van der Waals surface area contributed by atoms with Crippen molar-refractivity contribution in [2.24, 2.45) is 5.73 Å². The van der Waals surface area contributed by atoms with Crippen LogP contribution in [0.2, 0.25) is 0 Å². The largest absolute Gasteiger partial charge is 0.391 e. The zero-order valence-electron chi connectivity index (χ0n) is 19.3. The van der Waals surface area contributed by atoms with Crippen LogP contribution in [0.4, 0.5) is 13.2 Å². The molecule has 4 rings (SSSR count). The third-order valence-electron chi connectivity index (χ3n) is 5.87. The van der Waals surface area contributed by atoms with E-state index in [0.717, 1.165) is 0 Å². The Kier molecular flexibility index (Phi) is 9.06. The Balaban J connectivity index is 1.51. The molecule has 0 spiro atoms. The fourth-order valence-corrected chi connectivity index (χ4v) is 4.17. The van der Waals surface area contributed by atoms with Crippen molar-refractivity contribution in [1.29, 1.82) is 0 Å². The number of nitrogens with two attached hydrogens (primary N) is 1. The summed E-state index contributed by atoms with van der Waals surface area (Å²) in [4.78, 5) is 0.0321. The smallest absolute Gasteiger partial charge is 0.137 e. The lowest BCUT2D eigenvalue weighted by Gasteiger charge is -2.25. The second-order valence-corrected chi connectivity index (χ2v) is 8.81. The Morgan fingerprint density at radius 1 is 0.722 bits per heavy atom. The molecule has 5 nitrogen and oxygen atoms in total. The minimum atomic E-state index is -0.848. The van der Waals surface area contributed by atoms with Gasteiger partial charge in [-0.3, -0.25) is 0 Å². The van der Waals surface area contributed by atoms with Gasteiger partial charge in [0.15, 0.2) is 0 Å². The van der Waals surface area contributed by atoms with Crippen LogP contribution in [0.3, 0.4) is 0 Å². The summed E-state index contributed by atoms with van der Waals surface area (Å²) in [6, 6.07) is 18.7. The highest BCUT2D eigenvalue weighted by Crippen LogP contribution is 2.30. The molecule has 3 aromatic carbocycles. The highest BCUT2D eigenvalue weighted by molar-refractivity contribution is 7.80. The van der Waals surface area contributed by atoms with Crippen LogP contribution in [-0.2, 0) is 38.8 Å². The van der Waals surface area contributed by atoms with Crippen LogP contribution < -0.4 is 5.73 Å². The van der Waals surface area contributed by atoms with Gasteiger partial charge in [-0.1, -0.05) is 66.8 Å². The summed E-state index contributed by atoms with van der Waals surface area (Å²) < 4.78 is 66.2. The molecule has 2 N–H and O–H groups in total. The average molecular weight is 518 g/mol. The van der Waals surface area contributed by atoms with Crippen LogP contribution in [-0.4, -0.2) is 36.0 Å². The molecule has 0 amide bonds. The lowest BCUT2D eigenvalue weighted by Crippen LogP contribution is -2.42. The third-order valence-corrected chi connectivity index (χ3v) is 6.10. The lowest BCUT2D eigenvalue weighted by atomic mass is 10.1. The van der Waals surface area contributed by atoms with Crippen LogP contribution in [0.5, 0.6) is 0 Å². The molecule has 9 heteroatoms. The van der Waals surface area contributed by atoms with Crippen molar-refractivity contribution in [1.82, 2.24) is 0 Å². The number of thiocarbonyl (C=S) groups is 1. The molecule has 4 atom stereocenters. The zero-order valence-corrected chi connectivity index (χ0v) is 20.1. The van der Waals surface area contributed by atoms with E-state index in [1.54, 1.807) is 54.6 Å². The number of benzene rings is 3. The van der Waals surface area contributed by atoms with Gasteiger partial charge in [0.25, 0.3) is 0 Å². The predicted octanol–water partition coefficient (Wildman–Crippen LogP) is 4.84. The van der Waals surface area contributed by atoms with Gasteiger partial charge in [0.05, 0.1) is 26.4 Å². The maximum Gasteiger partial charge on any atom is 0.137 e. The van der Waals surface area contributed by atoms with Crippen molar-refractivity contribution in [3.05, 3.63) is 107 Å². The first-order chi connectivity index (χ1) is 17.4.